The molecule has 0 fully saturated rings. The van der Waals surface area contributed by atoms with Crippen molar-refractivity contribution in [3.8, 4) is 0 Å². The van der Waals surface area contributed by atoms with Crippen LogP contribution in [-0.4, -0.2) is 20.4 Å². The minimum Gasteiger partial charge on any atom is -0.518 e. The topological polar surface area (TPSA) is 76.7 Å². The monoisotopic (exact) mass is 372 g/mol. The number of benzene rings is 2. The zero-order valence-electron chi connectivity index (χ0n) is 15.2. The molecule has 0 bridgehead atoms. The molecule has 0 spiro atoms. The second-order valence-corrected chi connectivity index (χ2v) is 11.1. The fraction of sp³-hybridized carbons (Fsp3) is 0.263. The number of nitrogens with one attached hydrogen (secondary N) is 2. The van der Waals surface area contributed by atoms with E-state index in [0.29, 0.717) is 5.56 Å². The van der Waals surface area contributed by atoms with Crippen molar-refractivity contribution in [3.05, 3.63) is 71.8 Å². The maximum Gasteiger partial charge on any atom is 0.421 e. The predicted octanol–water partition coefficient (Wildman–Crippen LogP) is 3.54. The molecule has 1 atom stereocenters. The van der Waals surface area contributed by atoms with Crippen LogP contribution in [0.2, 0.25) is 19.6 Å². The minimum absolute atomic E-state index is 0.143. The highest BCUT2D eigenvalue weighted by molar-refractivity contribution is 6.71. The molecule has 26 heavy (non-hydrogen) atoms. The highest BCUT2D eigenvalue weighted by Crippen LogP contribution is 2.16. The molecule has 0 aliphatic rings. The normalized spacial score (nSPS) is 12.1. The molecule has 7 heteroatoms. The first-order valence-corrected chi connectivity index (χ1v) is 11.8. The fourth-order valence-electron chi connectivity index (χ4n) is 2.17. The van der Waals surface area contributed by atoms with Crippen molar-refractivity contribution < 1.29 is 18.8 Å². The first-order chi connectivity index (χ1) is 12.3. The molecule has 2 aromatic rings. The van der Waals surface area contributed by atoms with Gasteiger partial charge in [0, 0.05) is 0 Å². The standard InChI is InChI=1S/C19H24N2O4Si/c1-26(2,3)25-18(22)17(16-12-8-5-9-13-16)20-21-19(23)24-14-15-10-6-4-7-11-15/h4-13,17,20H,14H2,1-3H3,(H,21,23). The third kappa shape index (κ3) is 6.70. The van der Waals surface area contributed by atoms with Crippen LogP contribution in [0, 0.1) is 0 Å². The summed E-state index contributed by atoms with van der Waals surface area (Å²) in [6.45, 7) is 5.92. The Morgan fingerprint density at radius 2 is 1.54 bits per heavy atom. The van der Waals surface area contributed by atoms with Gasteiger partial charge in [-0.1, -0.05) is 60.7 Å². The Balaban J connectivity index is 1.96. The SMILES string of the molecule is C[Si](C)(C)OC(=O)C(NNC(=O)OCc1ccccc1)c1ccccc1. The van der Waals surface area contributed by atoms with Gasteiger partial charge in [-0.2, -0.15) is 0 Å². The van der Waals surface area contributed by atoms with Gasteiger partial charge in [-0.3, -0.25) is 10.2 Å². The van der Waals surface area contributed by atoms with Crippen LogP contribution in [0.25, 0.3) is 0 Å². The number of amides is 1. The van der Waals surface area contributed by atoms with E-state index in [1.165, 1.54) is 0 Å². The molecule has 138 valence electrons. The predicted molar refractivity (Wildman–Crippen MR) is 102 cm³/mol. The Hall–Kier alpha value is -2.64. The molecule has 0 aliphatic carbocycles. The molecule has 2 N–H and O–H groups in total. The Kier molecular flexibility index (Phi) is 6.94. The number of hydrogen-bond acceptors (Lipinski definition) is 5. The highest BCUT2D eigenvalue weighted by atomic mass is 28.4. The van der Waals surface area contributed by atoms with Crippen LogP contribution in [0.15, 0.2) is 60.7 Å². The van der Waals surface area contributed by atoms with Crippen molar-refractivity contribution in [2.24, 2.45) is 0 Å². The third-order valence-electron chi connectivity index (χ3n) is 3.31. The molecule has 0 heterocycles. The summed E-state index contributed by atoms with van der Waals surface area (Å²) < 4.78 is 10.7. The molecule has 0 aliphatic heterocycles. The van der Waals surface area contributed by atoms with Crippen LogP contribution >= 0.6 is 0 Å². The van der Waals surface area contributed by atoms with E-state index in [-0.39, 0.29) is 6.61 Å². The first kappa shape index (κ1) is 19.7. The average Bonchev–Trinajstić information content (AvgIpc) is 2.60. The van der Waals surface area contributed by atoms with Crippen molar-refractivity contribution in [3.63, 3.8) is 0 Å². The molecule has 6 nitrogen and oxygen atoms in total. The number of carbonyl (C=O) groups excluding carboxylic acids is 2. The highest BCUT2D eigenvalue weighted by Gasteiger charge is 2.28. The molecular formula is C19H24N2O4Si. The summed E-state index contributed by atoms with van der Waals surface area (Å²) >= 11 is 0. The largest absolute Gasteiger partial charge is 0.518 e. The van der Waals surface area contributed by atoms with Gasteiger partial charge in [-0.15, -0.1) is 0 Å². The molecule has 0 aromatic heterocycles. The molecule has 0 saturated carbocycles. The lowest BCUT2D eigenvalue weighted by molar-refractivity contribution is -0.137. The van der Waals surface area contributed by atoms with Crippen molar-refractivity contribution in [2.75, 3.05) is 0 Å². The van der Waals surface area contributed by atoms with Crippen molar-refractivity contribution in [1.29, 1.82) is 0 Å². The fourth-order valence-corrected chi connectivity index (χ4v) is 2.90. The van der Waals surface area contributed by atoms with E-state index in [2.05, 4.69) is 10.9 Å². The van der Waals surface area contributed by atoms with Gasteiger partial charge in [-0.25, -0.2) is 10.2 Å². The van der Waals surface area contributed by atoms with Gasteiger partial charge in [0.1, 0.15) is 12.6 Å². The summed E-state index contributed by atoms with van der Waals surface area (Å²) in [5.41, 5.74) is 6.71. The third-order valence-corrected chi connectivity index (χ3v) is 4.12. The van der Waals surface area contributed by atoms with Crippen LogP contribution in [0.4, 0.5) is 4.79 Å². The molecule has 0 saturated heterocycles. The summed E-state index contributed by atoms with van der Waals surface area (Å²) in [6.07, 6.45) is -0.671. The van der Waals surface area contributed by atoms with Gasteiger partial charge >= 0.3 is 12.1 Å². The van der Waals surface area contributed by atoms with E-state index >= 15 is 0 Å². The molecule has 2 aromatic carbocycles. The van der Waals surface area contributed by atoms with Crippen LogP contribution < -0.4 is 10.9 Å². The van der Waals surface area contributed by atoms with Crippen LogP contribution in [-0.2, 0) is 20.6 Å². The Morgan fingerprint density at radius 3 is 2.12 bits per heavy atom. The zero-order chi connectivity index (χ0) is 19.0. The lowest BCUT2D eigenvalue weighted by atomic mass is 10.1. The van der Waals surface area contributed by atoms with Gasteiger partial charge in [0.15, 0.2) is 0 Å². The van der Waals surface area contributed by atoms with Gasteiger partial charge in [-0.05, 0) is 30.8 Å². The number of ether oxygens (including phenoxy) is 1. The first-order valence-electron chi connectivity index (χ1n) is 8.35. The van der Waals surface area contributed by atoms with Crippen LogP contribution in [0.3, 0.4) is 0 Å². The summed E-state index contributed by atoms with van der Waals surface area (Å²) in [6, 6.07) is 17.6. The summed E-state index contributed by atoms with van der Waals surface area (Å²) in [5.74, 6) is -0.432. The Labute approximate surface area is 154 Å². The minimum atomic E-state index is -2.06. The Bertz CT molecular complexity index is 717. The quantitative estimate of drug-likeness (QED) is 0.574. The van der Waals surface area contributed by atoms with Gasteiger partial charge < -0.3 is 9.16 Å². The number of hydrogen-bond donors (Lipinski definition) is 2. The molecule has 2 rings (SSSR count). The summed E-state index contributed by atoms with van der Waals surface area (Å²) in [7, 11) is -2.06. The van der Waals surface area contributed by atoms with Gasteiger partial charge in [0.2, 0.25) is 8.32 Å². The van der Waals surface area contributed by atoms with E-state index in [4.69, 9.17) is 9.16 Å². The van der Waals surface area contributed by atoms with E-state index in [1.54, 1.807) is 12.1 Å². The summed E-state index contributed by atoms with van der Waals surface area (Å²) in [4.78, 5) is 24.4. The number of carbonyl (C=O) groups is 2. The van der Waals surface area contributed by atoms with Crippen LogP contribution in [0.1, 0.15) is 17.2 Å². The number of rotatable bonds is 7. The zero-order valence-corrected chi connectivity index (χ0v) is 16.2. The lowest BCUT2D eigenvalue weighted by Crippen LogP contribution is -2.45. The second-order valence-electron chi connectivity index (χ2n) is 6.71. The van der Waals surface area contributed by atoms with Crippen LogP contribution in [0.5, 0.6) is 0 Å². The average molecular weight is 372 g/mol. The molecule has 0 radical (unpaired) electrons. The van der Waals surface area contributed by atoms with E-state index in [9.17, 15) is 9.59 Å². The second kappa shape index (κ2) is 9.16. The van der Waals surface area contributed by atoms with E-state index < -0.39 is 26.4 Å². The van der Waals surface area contributed by atoms with E-state index in [1.807, 2.05) is 68.2 Å². The summed E-state index contributed by atoms with van der Waals surface area (Å²) in [5, 5.41) is 0. The van der Waals surface area contributed by atoms with Crippen molar-refractivity contribution in [1.82, 2.24) is 10.9 Å². The molecular weight excluding hydrogens is 348 g/mol. The maximum atomic E-state index is 12.5. The van der Waals surface area contributed by atoms with Gasteiger partial charge in [0.25, 0.3) is 0 Å². The van der Waals surface area contributed by atoms with Gasteiger partial charge in [0.05, 0.1) is 0 Å². The lowest BCUT2D eigenvalue weighted by Gasteiger charge is -2.24. The van der Waals surface area contributed by atoms with Crippen molar-refractivity contribution in [2.45, 2.75) is 32.3 Å². The van der Waals surface area contributed by atoms with E-state index in [0.717, 1.165) is 5.56 Å². The molecule has 1 unspecified atom stereocenters. The Morgan fingerprint density at radius 1 is 0.962 bits per heavy atom. The maximum absolute atomic E-state index is 12.5. The number of hydrazine groups is 1. The smallest absolute Gasteiger partial charge is 0.421 e. The molecule has 1 amide bonds. The van der Waals surface area contributed by atoms with Crippen molar-refractivity contribution >= 4 is 20.4 Å².